The van der Waals surface area contributed by atoms with Gasteiger partial charge in [-0.3, -0.25) is 14.6 Å². The summed E-state index contributed by atoms with van der Waals surface area (Å²) in [6, 6.07) is 13.0. The monoisotopic (exact) mass is 449 g/mol. The summed E-state index contributed by atoms with van der Waals surface area (Å²) in [6.07, 6.45) is 2.59. The predicted octanol–water partition coefficient (Wildman–Crippen LogP) is 5.53. The number of thiazole rings is 1. The van der Waals surface area contributed by atoms with Gasteiger partial charge < -0.3 is 4.74 Å². The first kappa shape index (κ1) is 22.0. The number of rotatable bonds is 5. The zero-order valence-electron chi connectivity index (χ0n) is 18.6. The summed E-state index contributed by atoms with van der Waals surface area (Å²) in [5.74, 6) is -0.156. The first-order valence-electron chi connectivity index (χ1n) is 10.7. The van der Waals surface area contributed by atoms with Gasteiger partial charge in [-0.25, -0.2) is 9.78 Å². The van der Waals surface area contributed by atoms with Gasteiger partial charge in [0.2, 0.25) is 0 Å². The molecule has 0 spiro atoms. The SMILES string of the molecule is Cc1cc(N(C(=O)C2CCCN2C(=O)OCc2ccccc2)c2nccs2)cc(C)c1C. The van der Waals surface area contributed by atoms with Crippen LogP contribution in [0.25, 0.3) is 0 Å². The molecule has 0 aliphatic carbocycles. The van der Waals surface area contributed by atoms with Crippen LogP contribution in [-0.2, 0) is 16.1 Å². The normalized spacial score (nSPS) is 15.6. The minimum Gasteiger partial charge on any atom is -0.445 e. The summed E-state index contributed by atoms with van der Waals surface area (Å²) in [4.78, 5) is 34.2. The van der Waals surface area contributed by atoms with E-state index in [1.807, 2.05) is 61.7 Å². The molecular weight excluding hydrogens is 422 g/mol. The number of amides is 2. The predicted molar refractivity (Wildman–Crippen MR) is 126 cm³/mol. The molecule has 0 radical (unpaired) electrons. The summed E-state index contributed by atoms with van der Waals surface area (Å²) in [7, 11) is 0. The summed E-state index contributed by atoms with van der Waals surface area (Å²) in [5, 5.41) is 2.45. The number of ether oxygens (including phenoxy) is 1. The molecule has 2 amide bonds. The average Bonchev–Trinajstić information content (AvgIpc) is 3.49. The van der Waals surface area contributed by atoms with Crippen molar-refractivity contribution < 1.29 is 14.3 Å². The molecule has 32 heavy (non-hydrogen) atoms. The van der Waals surface area contributed by atoms with E-state index in [1.165, 1.54) is 16.9 Å². The largest absolute Gasteiger partial charge is 0.445 e. The summed E-state index contributed by atoms with van der Waals surface area (Å²) in [5.41, 5.74) is 5.11. The van der Waals surface area contributed by atoms with Gasteiger partial charge in [-0.05, 0) is 68.0 Å². The van der Waals surface area contributed by atoms with E-state index in [4.69, 9.17) is 4.74 Å². The maximum atomic E-state index is 13.8. The molecule has 1 saturated heterocycles. The van der Waals surface area contributed by atoms with E-state index >= 15 is 0 Å². The van der Waals surface area contributed by atoms with Gasteiger partial charge in [0.25, 0.3) is 5.91 Å². The van der Waals surface area contributed by atoms with Gasteiger partial charge in [0.1, 0.15) is 12.6 Å². The number of hydrogen-bond donors (Lipinski definition) is 0. The van der Waals surface area contributed by atoms with Crippen LogP contribution in [0.4, 0.5) is 15.6 Å². The minimum atomic E-state index is -0.580. The van der Waals surface area contributed by atoms with Crippen molar-refractivity contribution in [3.8, 4) is 0 Å². The molecule has 1 aliphatic heterocycles. The van der Waals surface area contributed by atoms with Crippen LogP contribution >= 0.6 is 11.3 Å². The highest BCUT2D eigenvalue weighted by Gasteiger charge is 2.39. The zero-order chi connectivity index (χ0) is 22.7. The van der Waals surface area contributed by atoms with Gasteiger partial charge in [-0.15, -0.1) is 11.3 Å². The van der Waals surface area contributed by atoms with Crippen LogP contribution in [0.2, 0.25) is 0 Å². The van der Waals surface area contributed by atoms with Crippen LogP contribution < -0.4 is 4.90 Å². The molecule has 2 heterocycles. The molecule has 1 fully saturated rings. The lowest BCUT2D eigenvalue weighted by molar-refractivity contribution is -0.121. The lowest BCUT2D eigenvalue weighted by atomic mass is 10.0. The summed E-state index contributed by atoms with van der Waals surface area (Å²) in [6.45, 7) is 6.84. The number of carbonyl (C=O) groups is 2. The minimum absolute atomic E-state index is 0.156. The Bertz CT molecular complexity index is 1080. The van der Waals surface area contributed by atoms with Crippen molar-refractivity contribution in [2.45, 2.75) is 46.3 Å². The van der Waals surface area contributed by atoms with Crippen molar-refractivity contribution in [3.63, 3.8) is 0 Å². The maximum Gasteiger partial charge on any atom is 0.410 e. The highest BCUT2D eigenvalue weighted by Crippen LogP contribution is 2.33. The third-order valence-corrected chi connectivity index (χ3v) is 6.74. The van der Waals surface area contributed by atoms with Crippen molar-refractivity contribution >= 4 is 34.2 Å². The van der Waals surface area contributed by atoms with Gasteiger partial charge in [-0.1, -0.05) is 30.3 Å². The molecule has 0 N–H and O–H groups in total. The van der Waals surface area contributed by atoms with Crippen molar-refractivity contribution in [2.75, 3.05) is 11.4 Å². The number of likely N-dealkylation sites (tertiary alicyclic amines) is 1. The number of aromatic nitrogens is 1. The number of anilines is 2. The van der Waals surface area contributed by atoms with Crippen LogP contribution in [0.5, 0.6) is 0 Å². The van der Waals surface area contributed by atoms with E-state index in [0.717, 1.165) is 28.8 Å². The van der Waals surface area contributed by atoms with E-state index in [1.54, 1.807) is 16.0 Å². The van der Waals surface area contributed by atoms with Gasteiger partial charge in [0.15, 0.2) is 5.13 Å². The van der Waals surface area contributed by atoms with Gasteiger partial charge >= 0.3 is 6.09 Å². The van der Waals surface area contributed by atoms with E-state index in [0.29, 0.717) is 18.1 Å². The Morgan fingerprint density at radius 2 is 1.88 bits per heavy atom. The molecule has 166 valence electrons. The van der Waals surface area contributed by atoms with Crippen LogP contribution in [-0.4, -0.2) is 34.5 Å². The van der Waals surface area contributed by atoms with E-state index in [9.17, 15) is 9.59 Å². The number of hydrogen-bond acceptors (Lipinski definition) is 5. The molecule has 1 aromatic heterocycles. The topological polar surface area (TPSA) is 62.7 Å². The second-order valence-electron chi connectivity index (χ2n) is 8.08. The highest BCUT2D eigenvalue weighted by atomic mass is 32.1. The second kappa shape index (κ2) is 9.53. The highest BCUT2D eigenvalue weighted by molar-refractivity contribution is 7.13. The molecule has 1 unspecified atom stereocenters. The number of carbonyl (C=O) groups excluding carboxylic acids is 2. The third kappa shape index (κ3) is 4.53. The summed E-state index contributed by atoms with van der Waals surface area (Å²) >= 11 is 1.41. The molecule has 7 heteroatoms. The van der Waals surface area contributed by atoms with E-state index in [-0.39, 0.29) is 12.5 Å². The van der Waals surface area contributed by atoms with Crippen molar-refractivity contribution in [1.29, 1.82) is 0 Å². The fraction of sp³-hybridized carbons (Fsp3) is 0.320. The molecule has 2 aromatic carbocycles. The molecule has 0 bridgehead atoms. The fourth-order valence-electron chi connectivity index (χ4n) is 3.99. The average molecular weight is 450 g/mol. The Morgan fingerprint density at radius 3 is 2.53 bits per heavy atom. The van der Waals surface area contributed by atoms with Crippen molar-refractivity contribution in [3.05, 3.63) is 76.3 Å². The molecule has 0 saturated carbocycles. The summed E-state index contributed by atoms with van der Waals surface area (Å²) < 4.78 is 5.53. The smallest absolute Gasteiger partial charge is 0.410 e. The Balaban J connectivity index is 1.58. The third-order valence-electron chi connectivity index (χ3n) is 5.98. The Morgan fingerprint density at radius 1 is 1.16 bits per heavy atom. The molecule has 1 atom stereocenters. The maximum absolute atomic E-state index is 13.8. The molecule has 1 aliphatic rings. The first-order chi connectivity index (χ1) is 15.5. The zero-order valence-corrected chi connectivity index (χ0v) is 19.4. The lowest BCUT2D eigenvalue weighted by Crippen LogP contribution is -2.46. The number of aryl methyl sites for hydroxylation is 2. The van der Waals surface area contributed by atoms with Gasteiger partial charge in [-0.2, -0.15) is 0 Å². The van der Waals surface area contributed by atoms with Crippen molar-refractivity contribution in [2.24, 2.45) is 0 Å². The van der Waals surface area contributed by atoms with E-state index < -0.39 is 12.1 Å². The lowest BCUT2D eigenvalue weighted by Gasteiger charge is -2.29. The molecule has 3 aromatic rings. The molecular formula is C25H27N3O3S. The van der Waals surface area contributed by atoms with Crippen LogP contribution in [0.1, 0.15) is 35.1 Å². The molecule has 6 nitrogen and oxygen atoms in total. The van der Waals surface area contributed by atoms with Crippen molar-refractivity contribution in [1.82, 2.24) is 9.88 Å². The fourth-order valence-corrected chi connectivity index (χ4v) is 4.66. The number of nitrogens with zero attached hydrogens (tertiary/aromatic N) is 3. The van der Waals surface area contributed by atoms with E-state index in [2.05, 4.69) is 11.9 Å². The standard InChI is InChI=1S/C25H27N3O3S/c1-17-14-21(15-18(2)19(17)3)28(24-26-11-13-32-24)23(29)22-10-7-12-27(22)25(30)31-16-20-8-5-4-6-9-20/h4-6,8-9,11,13-15,22H,7,10,12,16H2,1-3H3. The quantitative estimate of drug-likeness (QED) is 0.513. The first-order valence-corrected chi connectivity index (χ1v) is 11.6. The Labute approximate surface area is 192 Å². The van der Waals surface area contributed by atoms with Gasteiger partial charge in [0.05, 0.1) is 5.69 Å². The van der Waals surface area contributed by atoms with Crippen LogP contribution in [0.3, 0.4) is 0 Å². The second-order valence-corrected chi connectivity index (χ2v) is 8.96. The van der Waals surface area contributed by atoms with Crippen LogP contribution in [0.15, 0.2) is 54.0 Å². The van der Waals surface area contributed by atoms with Gasteiger partial charge in [0, 0.05) is 18.1 Å². The number of benzene rings is 2. The molecule has 4 rings (SSSR count). The Hall–Kier alpha value is -3.19. The van der Waals surface area contributed by atoms with Crippen LogP contribution in [0, 0.1) is 20.8 Å². The Kier molecular flexibility index (Phi) is 6.55.